The monoisotopic (exact) mass is 555 g/mol. The van der Waals surface area contributed by atoms with Crippen molar-refractivity contribution in [1.29, 1.82) is 0 Å². The third kappa shape index (κ3) is 10.2. The van der Waals surface area contributed by atoms with Crippen LogP contribution in [0.25, 0.3) is 12.2 Å². The van der Waals surface area contributed by atoms with Crippen molar-refractivity contribution in [3.8, 4) is 0 Å². The zero-order valence-corrected chi connectivity index (χ0v) is 22.5. The first-order valence-electron chi connectivity index (χ1n) is 10.9. The summed E-state index contributed by atoms with van der Waals surface area (Å²) in [5.74, 6) is -1.94. The van der Waals surface area contributed by atoms with E-state index in [-0.39, 0.29) is 5.75 Å². The lowest BCUT2D eigenvalue weighted by atomic mass is 10.0. The number of rotatable bonds is 12. The lowest BCUT2D eigenvalue weighted by molar-refractivity contribution is -0.130. The normalized spacial score (nSPS) is 13.6. The summed E-state index contributed by atoms with van der Waals surface area (Å²) in [5.41, 5.74) is 5.59. The Kier molecular flexibility index (Phi) is 10.8. The standard InChI is InChI=1S/C24H30ClN3O6S2/c1-17-6-9-21(19(3)13-17)14-18(2)16-36(33,34)26-15-23(24(29)27-30)28-35(31,32)12-4-5-20-7-10-22(25)11-8-20/h4-11,13-14,23,26,28,30H,12,15-16H2,1-3H3,(H,27,29). The van der Waals surface area contributed by atoms with Gasteiger partial charge < -0.3 is 0 Å². The molecule has 0 saturated heterocycles. The molecule has 0 spiro atoms. The van der Waals surface area contributed by atoms with Gasteiger partial charge in [0.15, 0.2) is 0 Å². The van der Waals surface area contributed by atoms with Crippen LogP contribution < -0.4 is 14.9 Å². The molecule has 36 heavy (non-hydrogen) atoms. The van der Waals surface area contributed by atoms with Crippen molar-refractivity contribution in [1.82, 2.24) is 14.9 Å². The van der Waals surface area contributed by atoms with Gasteiger partial charge in [-0.05, 0) is 49.6 Å². The molecule has 1 atom stereocenters. The highest BCUT2D eigenvalue weighted by Gasteiger charge is 2.25. The fraction of sp³-hybridized carbons (Fsp3) is 0.292. The van der Waals surface area contributed by atoms with E-state index in [2.05, 4.69) is 9.44 Å². The van der Waals surface area contributed by atoms with Crippen LogP contribution >= 0.6 is 11.6 Å². The summed E-state index contributed by atoms with van der Waals surface area (Å²) < 4.78 is 54.3. The van der Waals surface area contributed by atoms with E-state index in [1.165, 1.54) is 11.6 Å². The van der Waals surface area contributed by atoms with Crippen LogP contribution in [0.5, 0.6) is 0 Å². The van der Waals surface area contributed by atoms with Crippen molar-refractivity contribution in [2.24, 2.45) is 0 Å². The molecule has 0 fully saturated rings. The largest absolute Gasteiger partial charge is 0.289 e. The molecule has 196 valence electrons. The minimum atomic E-state index is -4.03. The summed E-state index contributed by atoms with van der Waals surface area (Å²) in [6, 6.07) is 10.9. The van der Waals surface area contributed by atoms with Crippen molar-refractivity contribution < 1.29 is 26.8 Å². The third-order valence-corrected chi connectivity index (χ3v) is 7.97. The van der Waals surface area contributed by atoms with Gasteiger partial charge in [-0.2, -0.15) is 0 Å². The Bertz CT molecular complexity index is 1340. The van der Waals surface area contributed by atoms with E-state index in [0.29, 0.717) is 10.6 Å². The number of carbonyl (C=O) groups excluding carboxylic acids is 1. The van der Waals surface area contributed by atoms with E-state index < -0.39 is 44.3 Å². The molecule has 2 aromatic rings. The highest BCUT2D eigenvalue weighted by Crippen LogP contribution is 2.15. The number of amides is 1. The fourth-order valence-electron chi connectivity index (χ4n) is 3.27. The molecule has 4 N–H and O–H groups in total. The minimum Gasteiger partial charge on any atom is -0.289 e. The predicted octanol–water partition coefficient (Wildman–Crippen LogP) is 2.79. The molecule has 1 unspecified atom stereocenters. The first-order valence-corrected chi connectivity index (χ1v) is 14.6. The third-order valence-electron chi connectivity index (χ3n) is 5.00. The number of hydroxylamine groups is 1. The molecular weight excluding hydrogens is 526 g/mol. The first-order chi connectivity index (χ1) is 16.8. The van der Waals surface area contributed by atoms with Crippen LogP contribution in [0, 0.1) is 13.8 Å². The van der Waals surface area contributed by atoms with E-state index in [4.69, 9.17) is 16.8 Å². The molecular formula is C24H30ClN3O6S2. The van der Waals surface area contributed by atoms with Gasteiger partial charge in [-0.1, -0.05) is 71.3 Å². The molecule has 0 aromatic heterocycles. The van der Waals surface area contributed by atoms with Gasteiger partial charge in [0.1, 0.15) is 6.04 Å². The fourth-order valence-corrected chi connectivity index (χ4v) is 5.67. The Hall–Kier alpha value is -2.54. The van der Waals surface area contributed by atoms with Crippen LogP contribution in [-0.2, 0) is 24.8 Å². The van der Waals surface area contributed by atoms with Crippen molar-refractivity contribution in [2.75, 3.05) is 18.1 Å². The summed E-state index contributed by atoms with van der Waals surface area (Å²) in [4.78, 5) is 12.0. The molecule has 1 amide bonds. The average molecular weight is 556 g/mol. The summed E-state index contributed by atoms with van der Waals surface area (Å²) in [7, 11) is -7.95. The number of benzene rings is 2. The smallest absolute Gasteiger partial charge is 0.262 e. The number of halogens is 1. The molecule has 9 nitrogen and oxygen atoms in total. The van der Waals surface area contributed by atoms with Gasteiger partial charge in [-0.3, -0.25) is 10.0 Å². The van der Waals surface area contributed by atoms with Crippen LogP contribution in [0.2, 0.25) is 5.02 Å². The van der Waals surface area contributed by atoms with Crippen LogP contribution in [-0.4, -0.2) is 52.0 Å². The van der Waals surface area contributed by atoms with Crippen molar-refractivity contribution in [3.63, 3.8) is 0 Å². The number of nitrogens with one attached hydrogen (secondary N) is 3. The lowest BCUT2D eigenvalue weighted by Gasteiger charge is -2.17. The Balaban J connectivity index is 2.02. The molecule has 0 radical (unpaired) electrons. The summed E-state index contributed by atoms with van der Waals surface area (Å²) in [6.07, 6.45) is 4.68. The second kappa shape index (κ2) is 13.1. The highest BCUT2D eigenvalue weighted by molar-refractivity contribution is 7.90. The highest BCUT2D eigenvalue weighted by atomic mass is 35.5. The summed E-state index contributed by atoms with van der Waals surface area (Å²) in [6.45, 7) is 4.95. The van der Waals surface area contributed by atoms with Crippen molar-refractivity contribution >= 4 is 49.7 Å². The van der Waals surface area contributed by atoms with Crippen LogP contribution in [0.4, 0.5) is 0 Å². The van der Waals surface area contributed by atoms with E-state index in [0.717, 1.165) is 22.3 Å². The van der Waals surface area contributed by atoms with E-state index >= 15 is 0 Å². The quantitative estimate of drug-likeness (QED) is 0.234. The number of aryl methyl sites for hydroxylation is 2. The molecule has 0 heterocycles. The maximum Gasteiger partial charge on any atom is 0.262 e. The van der Waals surface area contributed by atoms with E-state index in [1.807, 2.05) is 32.0 Å². The average Bonchev–Trinajstić information content (AvgIpc) is 2.79. The minimum absolute atomic E-state index is 0.357. The van der Waals surface area contributed by atoms with Crippen LogP contribution in [0.3, 0.4) is 0 Å². The lowest BCUT2D eigenvalue weighted by Crippen LogP contribution is -2.52. The van der Waals surface area contributed by atoms with Gasteiger partial charge in [0.25, 0.3) is 5.91 Å². The van der Waals surface area contributed by atoms with Gasteiger partial charge in [-0.15, -0.1) is 0 Å². The van der Waals surface area contributed by atoms with Crippen LogP contribution in [0.1, 0.15) is 29.2 Å². The maximum absolute atomic E-state index is 12.6. The first kappa shape index (κ1) is 29.7. The summed E-state index contributed by atoms with van der Waals surface area (Å²) >= 11 is 5.82. The number of hydrogen-bond acceptors (Lipinski definition) is 6. The Morgan fingerprint density at radius 2 is 1.72 bits per heavy atom. The topological polar surface area (TPSA) is 142 Å². The van der Waals surface area contributed by atoms with E-state index in [9.17, 15) is 21.6 Å². The van der Waals surface area contributed by atoms with Crippen LogP contribution in [0.15, 0.2) is 54.1 Å². The number of carbonyl (C=O) groups is 1. The maximum atomic E-state index is 12.6. The zero-order chi connectivity index (χ0) is 26.9. The molecule has 0 aliphatic carbocycles. The number of sulfonamides is 2. The molecule has 2 aromatic carbocycles. The van der Waals surface area contributed by atoms with Crippen molar-refractivity contribution in [2.45, 2.75) is 26.8 Å². The Labute approximate surface area is 217 Å². The SMILES string of the molecule is CC(=Cc1ccc(C)cc1C)CS(=O)(=O)NCC(NS(=O)(=O)CC=Cc1ccc(Cl)cc1)C(=O)NO. The van der Waals surface area contributed by atoms with Gasteiger partial charge >= 0.3 is 0 Å². The Morgan fingerprint density at radius 3 is 2.33 bits per heavy atom. The molecule has 0 bridgehead atoms. The van der Waals surface area contributed by atoms with Gasteiger partial charge in [0, 0.05) is 11.6 Å². The van der Waals surface area contributed by atoms with E-state index in [1.54, 1.807) is 43.3 Å². The molecule has 0 saturated carbocycles. The molecule has 0 aliphatic rings. The Morgan fingerprint density at radius 1 is 1.06 bits per heavy atom. The zero-order valence-electron chi connectivity index (χ0n) is 20.2. The predicted molar refractivity (Wildman–Crippen MR) is 142 cm³/mol. The van der Waals surface area contributed by atoms with Gasteiger partial charge in [0.2, 0.25) is 20.0 Å². The second-order valence-corrected chi connectivity index (χ2v) is 12.4. The number of hydrogen-bond donors (Lipinski definition) is 4. The van der Waals surface area contributed by atoms with Crippen molar-refractivity contribution in [3.05, 3.63) is 81.4 Å². The van der Waals surface area contributed by atoms with Gasteiger partial charge in [-0.25, -0.2) is 31.8 Å². The second-order valence-electron chi connectivity index (χ2n) is 8.34. The summed E-state index contributed by atoms with van der Waals surface area (Å²) in [5, 5.41) is 9.53. The molecule has 12 heteroatoms. The molecule has 2 rings (SSSR count). The van der Waals surface area contributed by atoms with Gasteiger partial charge in [0.05, 0.1) is 11.5 Å². The molecule has 0 aliphatic heterocycles.